The molecular formula is C22H31N3O3. The lowest BCUT2D eigenvalue weighted by molar-refractivity contribution is -0.138. The van der Waals surface area contributed by atoms with Gasteiger partial charge in [-0.05, 0) is 45.0 Å². The highest BCUT2D eigenvalue weighted by Gasteiger charge is 2.56. The second kappa shape index (κ2) is 7.16. The van der Waals surface area contributed by atoms with E-state index in [1.807, 2.05) is 40.9 Å². The topological polar surface area (TPSA) is 64.1 Å². The summed E-state index contributed by atoms with van der Waals surface area (Å²) in [6.07, 6.45) is 1.59. The number of aryl methyl sites for hydroxylation is 1. The van der Waals surface area contributed by atoms with Crippen molar-refractivity contribution in [3.63, 3.8) is 0 Å². The first-order valence-corrected chi connectivity index (χ1v) is 10.3. The number of aliphatic hydroxyl groups is 1. The molecule has 6 nitrogen and oxygen atoms in total. The fourth-order valence-electron chi connectivity index (χ4n) is 5.07. The van der Waals surface area contributed by atoms with Gasteiger partial charge in [0.25, 0.3) is 0 Å². The molecule has 4 rings (SSSR count). The molecule has 6 heteroatoms. The number of fused-ring (bicyclic) bond motifs is 1. The number of aliphatic hydroxyl groups excluding tert-OH is 1. The highest BCUT2D eigenvalue weighted by atomic mass is 16.3. The Morgan fingerprint density at radius 1 is 1.18 bits per heavy atom. The molecule has 2 saturated heterocycles. The van der Waals surface area contributed by atoms with Crippen molar-refractivity contribution < 1.29 is 14.7 Å². The Morgan fingerprint density at radius 2 is 1.89 bits per heavy atom. The molecule has 152 valence electrons. The predicted molar refractivity (Wildman–Crippen MR) is 106 cm³/mol. The van der Waals surface area contributed by atoms with Crippen LogP contribution in [0.2, 0.25) is 0 Å². The van der Waals surface area contributed by atoms with Gasteiger partial charge >= 0.3 is 0 Å². The molecule has 1 N–H and O–H groups in total. The van der Waals surface area contributed by atoms with E-state index in [-0.39, 0.29) is 30.4 Å². The van der Waals surface area contributed by atoms with Crippen molar-refractivity contribution in [3.8, 4) is 0 Å². The Morgan fingerprint density at radius 3 is 2.50 bits per heavy atom. The third kappa shape index (κ3) is 3.22. The van der Waals surface area contributed by atoms with Crippen LogP contribution in [-0.4, -0.2) is 78.5 Å². The molecular weight excluding hydrogens is 354 g/mol. The van der Waals surface area contributed by atoms with E-state index >= 15 is 0 Å². The quantitative estimate of drug-likeness (QED) is 0.830. The van der Waals surface area contributed by atoms with Gasteiger partial charge in [0.2, 0.25) is 11.8 Å². The van der Waals surface area contributed by atoms with Gasteiger partial charge in [-0.3, -0.25) is 9.59 Å². The molecule has 3 atom stereocenters. The Labute approximate surface area is 167 Å². The molecule has 0 bridgehead atoms. The lowest BCUT2D eigenvalue weighted by atomic mass is 9.87. The largest absolute Gasteiger partial charge is 0.395 e. The Balaban J connectivity index is 1.60. The van der Waals surface area contributed by atoms with E-state index in [9.17, 15) is 14.7 Å². The van der Waals surface area contributed by atoms with Gasteiger partial charge in [0.1, 0.15) is 0 Å². The molecule has 2 heterocycles. The van der Waals surface area contributed by atoms with Crippen LogP contribution in [0.5, 0.6) is 0 Å². The number of amides is 2. The number of hydrogen-bond acceptors (Lipinski definition) is 4. The van der Waals surface area contributed by atoms with E-state index < -0.39 is 5.41 Å². The van der Waals surface area contributed by atoms with Gasteiger partial charge < -0.3 is 19.8 Å². The van der Waals surface area contributed by atoms with Gasteiger partial charge in [0.15, 0.2) is 0 Å². The number of carbonyl (C=O) groups is 2. The second-order valence-corrected chi connectivity index (χ2v) is 9.16. The van der Waals surface area contributed by atoms with Crippen LogP contribution in [-0.2, 0) is 9.59 Å². The van der Waals surface area contributed by atoms with Crippen LogP contribution >= 0.6 is 0 Å². The van der Waals surface area contributed by atoms with Crippen LogP contribution in [0.3, 0.4) is 0 Å². The van der Waals surface area contributed by atoms with Crippen molar-refractivity contribution >= 4 is 11.8 Å². The van der Waals surface area contributed by atoms with E-state index in [2.05, 4.69) is 19.1 Å². The fraction of sp³-hybridized carbons (Fsp3) is 0.636. The van der Waals surface area contributed by atoms with E-state index in [0.29, 0.717) is 32.1 Å². The molecule has 0 spiro atoms. The Kier molecular flexibility index (Phi) is 4.96. The zero-order chi connectivity index (χ0) is 20.1. The number of benzene rings is 1. The fourth-order valence-corrected chi connectivity index (χ4v) is 5.07. The van der Waals surface area contributed by atoms with Crippen LogP contribution in [0.15, 0.2) is 24.3 Å². The van der Waals surface area contributed by atoms with Crippen molar-refractivity contribution in [3.05, 3.63) is 35.4 Å². The number of rotatable bonds is 5. The third-order valence-corrected chi connectivity index (χ3v) is 6.84. The molecule has 1 aliphatic carbocycles. The second-order valence-electron chi connectivity index (χ2n) is 9.16. The van der Waals surface area contributed by atoms with E-state index in [4.69, 9.17) is 0 Å². The molecule has 1 aromatic rings. The summed E-state index contributed by atoms with van der Waals surface area (Å²) in [5.74, 6) is 0.818. The maximum Gasteiger partial charge on any atom is 0.237 e. The summed E-state index contributed by atoms with van der Waals surface area (Å²) in [5.41, 5.74) is 1.87. The summed E-state index contributed by atoms with van der Waals surface area (Å²) in [7, 11) is 3.84. The minimum Gasteiger partial charge on any atom is -0.395 e. The zero-order valence-corrected chi connectivity index (χ0v) is 17.1. The maximum atomic E-state index is 13.0. The highest BCUT2D eigenvalue weighted by molar-refractivity contribution is 5.86. The van der Waals surface area contributed by atoms with E-state index in [1.165, 1.54) is 11.1 Å². The van der Waals surface area contributed by atoms with Crippen LogP contribution in [0.25, 0.3) is 0 Å². The predicted octanol–water partition coefficient (Wildman–Crippen LogP) is 1.29. The smallest absolute Gasteiger partial charge is 0.237 e. The van der Waals surface area contributed by atoms with Crippen molar-refractivity contribution in [2.75, 3.05) is 46.9 Å². The number of carbonyl (C=O) groups excluding carboxylic acids is 2. The van der Waals surface area contributed by atoms with Crippen LogP contribution < -0.4 is 0 Å². The van der Waals surface area contributed by atoms with Crippen LogP contribution in [0.4, 0.5) is 0 Å². The highest BCUT2D eigenvalue weighted by Crippen LogP contribution is 2.50. The SMILES string of the molecule is Cc1ccccc1[C@H]1[C@@H]2CN(C(=O)C3(CO)CC3)C[C@@H]2CN1C(=O)CN(C)C. The minimum absolute atomic E-state index is 0.0146. The van der Waals surface area contributed by atoms with Crippen molar-refractivity contribution in [1.82, 2.24) is 14.7 Å². The molecule has 2 amide bonds. The molecule has 2 aliphatic heterocycles. The monoisotopic (exact) mass is 385 g/mol. The van der Waals surface area contributed by atoms with E-state index in [1.54, 1.807) is 0 Å². The minimum atomic E-state index is -0.517. The number of nitrogens with zero attached hydrogens (tertiary/aromatic N) is 3. The summed E-state index contributed by atoms with van der Waals surface area (Å²) in [4.78, 5) is 31.8. The first-order chi connectivity index (χ1) is 13.4. The molecule has 1 saturated carbocycles. The average Bonchev–Trinajstić information content (AvgIpc) is 3.22. The van der Waals surface area contributed by atoms with Crippen molar-refractivity contribution in [2.24, 2.45) is 17.3 Å². The van der Waals surface area contributed by atoms with Crippen molar-refractivity contribution in [1.29, 1.82) is 0 Å². The summed E-state index contributed by atoms with van der Waals surface area (Å²) in [6, 6.07) is 8.30. The van der Waals surface area contributed by atoms with Gasteiger partial charge in [-0.2, -0.15) is 0 Å². The number of hydrogen-bond donors (Lipinski definition) is 1. The lowest BCUT2D eigenvalue weighted by Gasteiger charge is -2.32. The van der Waals surface area contributed by atoms with Gasteiger partial charge in [-0.1, -0.05) is 24.3 Å². The summed E-state index contributed by atoms with van der Waals surface area (Å²) in [6.45, 7) is 4.52. The normalized spacial score (nSPS) is 28.0. The molecule has 28 heavy (non-hydrogen) atoms. The Hall–Kier alpha value is -1.92. The molecule has 0 unspecified atom stereocenters. The number of likely N-dealkylation sites (N-methyl/N-ethyl adjacent to an activating group) is 1. The molecule has 0 aromatic heterocycles. The van der Waals surface area contributed by atoms with Crippen LogP contribution in [0.1, 0.15) is 30.0 Å². The van der Waals surface area contributed by atoms with Gasteiger partial charge in [0, 0.05) is 31.5 Å². The summed E-state index contributed by atoms with van der Waals surface area (Å²) < 4.78 is 0. The summed E-state index contributed by atoms with van der Waals surface area (Å²) in [5, 5.41) is 9.65. The zero-order valence-electron chi connectivity index (χ0n) is 17.1. The molecule has 1 aromatic carbocycles. The standard InChI is InChI=1S/C22H31N3O3/c1-15-6-4-5-7-17(15)20-18-12-24(21(28)22(14-26)8-9-22)10-16(18)11-25(20)19(27)13-23(2)3/h4-7,16,18,20,26H,8-14H2,1-3H3/t16-,18-,20+/m1/s1. The maximum absolute atomic E-state index is 13.0. The Bertz CT molecular complexity index is 774. The average molecular weight is 386 g/mol. The molecule has 0 radical (unpaired) electrons. The van der Waals surface area contributed by atoms with Crippen molar-refractivity contribution in [2.45, 2.75) is 25.8 Å². The van der Waals surface area contributed by atoms with Gasteiger partial charge in [-0.15, -0.1) is 0 Å². The first kappa shape index (κ1) is 19.4. The van der Waals surface area contributed by atoms with Crippen LogP contribution in [0, 0.1) is 24.2 Å². The summed E-state index contributed by atoms with van der Waals surface area (Å²) >= 11 is 0. The molecule has 3 fully saturated rings. The number of likely N-dealkylation sites (tertiary alicyclic amines) is 2. The first-order valence-electron chi connectivity index (χ1n) is 10.3. The van der Waals surface area contributed by atoms with Gasteiger partial charge in [0.05, 0.1) is 24.6 Å². The van der Waals surface area contributed by atoms with Gasteiger partial charge in [-0.25, -0.2) is 0 Å². The third-order valence-electron chi connectivity index (χ3n) is 6.84. The lowest BCUT2D eigenvalue weighted by Crippen LogP contribution is -2.43. The molecule has 3 aliphatic rings. The van der Waals surface area contributed by atoms with E-state index in [0.717, 1.165) is 12.8 Å².